The van der Waals surface area contributed by atoms with E-state index < -0.39 is 5.82 Å². The van der Waals surface area contributed by atoms with Crippen molar-refractivity contribution < 1.29 is 9.18 Å². The molecule has 1 heterocycles. The van der Waals surface area contributed by atoms with Gasteiger partial charge in [0.2, 0.25) is 5.91 Å². The SMILES string of the molecule is CN(C)CCC(=O)NC[C@@H]1CCN(C)[C@@H]1c1ccc(Cl)c(F)c1. The Morgan fingerprint density at radius 1 is 1.48 bits per heavy atom. The summed E-state index contributed by atoms with van der Waals surface area (Å²) >= 11 is 5.77. The lowest BCUT2D eigenvalue weighted by Crippen LogP contribution is -2.33. The highest BCUT2D eigenvalue weighted by molar-refractivity contribution is 6.30. The first-order chi connectivity index (χ1) is 10.9. The number of halogens is 2. The number of amides is 1. The summed E-state index contributed by atoms with van der Waals surface area (Å²) in [6, 6.07) is 5.09. The third-order valence-electron chi connectivity index (χ3n) is 4.41. The van der Waals surface area contributed by atoms with Crippen LogP contribution in [0.4, 0.5) is 4.39 Å². The second-order valence-corrected chi connectivity index (χ2v) is 6.91. The Bertz CT molecular complexity index is 553. The van der Waals surface area contributed by atoms with Gasteiger partial charge in [0.05, 0.1) is 5.02 Å². The van der Waals surface area contributed by atoms with E-state index in [1.54, 1.807) is 6.07 Å². The van der Waals surface area contributed by atoms with Gasteiger partial charge in [0, 0.05) is 25.6 Å². The number of likely N-dealkylation sites (tertiary alicyclic amines) is 1. The summed E-state index contributed by atoms with van der Waals surface area (Å²) in [5, 5.41) is 3.16. The van der Waals surface area contributed by atoms with Gasteiger partial charge in [-0.15, -0.1) is 0 Å². The van der Waals surface area contributed by atoms with Crippen molar-refractivity contribution in [3.8, 4) is 0 Å². The first-order valence-electron chi connectivity index (χ1n) is 7.95. The molecule has 0 radical (unpaired) electrons. The third-order valence-corrected chi connectivity index (χ3v) is 4.71. The molecule has 1 saturated heterocycles. The van der Waals surface area contributed by atoms with Gasteiger partial charge in [0.1, 0.15) is 5.82 Å². The topological polar surface area (TPSA) is 35.6 Å². The van der Waals surface area contributed by atoms with Crippen LogP contribution in [0.2, 0.25) is 5.02 Å². The van der Waals surface area contributed by atoms with Gasteiger partial charge in [-0.05, 0) is 57.7 Å². The van der Waals surface area contributed by atoms with E-state index in [1.807, 2.05) is 32.1 Å². The summed E-state index contributed by atoms with van der Waals surface area (Å²) < 4.78 is 13.8. The molecule has 0 spiro atoms. The summed E-state index contributed by atoms with van der Waals surface area (Å²) in [6.45, 7) is 2.29. The van der Waals surface area contributed by atoms with Crippen LogP contribution >= 0.6 is 11.6 Å². The summed E-state index contributed by atoms with van der Waals surface area (Å²) in [6.07, 6.45) is 1.48. The van der Waals surface area contributed by atoms with Crippen molar-refractivity contribution in [3.63, 3.8) is 0 Å². The standard InChI is InChI=1S/C17H25ClFN3O/c1-21(2)8-7-16(23)20-11-13-6-9-22(3)17(13)12-4-5-14(18)15(19)10-12/h4-5,10,13,17H,6-9,11H2,1-3H3,(H,20,23)/t13-,17+/m0/s1. The minimum Gasteiger partial charge on any atom is -0.356 e. The summed E-state index contributed by atoms with van der Waals surface area (Å²) in [4.78, 5) is 16.1. The smallest absolute Gasteiger partial charge is 0.221 e. The second-order valence-electron chi connectivity index (χ2n) is 6.51. The van der Waals surface area contributed by atoms with Crippen LogP contribution in [0.3, 0.4) is 0 Å². The highest BCUT2D eigenvalue weighted by atomic mass is 35.5. The van der Waals surface area contributed by atoms with Crippen LogP contribution in [-0.4, -0.2) is 56.5 Å². The molecule has 0 saturated carbocycles. The first kappa shape index (κ1) is 18.2. The van der Waals surface area contributed by atoms with E-state index >= 15 is 0 Å². The Morgan fingerprint density at radius 2 is 2.22 bits per heavy atom. The van der Waals surface area contributed by atoms with E-state index in [0.29, 0.717) is 13.0 Å². The molecule has 1 N–H and O–H groups in total. The molecule has 6 heteroatoms. The van der Waals surface area contributed by atoms with E-state index in [4.69, 9.17) is 11.6 Å². The number of nitrogens with zero attached hydrogens (tertiary/aromatic N) is 2. The fourth-order valence-electron chi connectivity index (χ4n) is 3.12. The van der Waals surface area contributed by atoms with Gasteiger partial charge in [-0.25, -0.2) is 4.39 Å². The Labute approximate surface area is 142 Å². The first-order valence-corrected chi connectivity index (χ1v) is 8.33. The fraction of sp³-hybridized carbons (Fsp3) is 0.588. The van der Waals surface area contributed by atoms with Crippen molar-refractivity contribution in [1.29, 1.82) is 0 Å². The number of rotatable bonds is 6. The molecular weight excluding hydrogens is 317 g/mol. The maximum atomic E-state index is 13.8. The number of benzene rings is 1. The van der Waals surface area contributed by atoms with Crippen LogP contribution < -0.4 is 5.32 Å². The normalized spacial score (nSPS) is 21.8. The van der Waals surface area contributed by atoms with E-state index in [-0.39, 0.29) is 22.9 Å². The van der Waals surface area contributed by atoms with Gasteiger partial charge < -0.3 is 10.2 Å². The fourth-order valence-corrected chi connectivity index (χ4v) is 3.24. The molecule has 128 valence electrons. The zero-order valence-corrected chi connectivity index (χ0v) is 14.7. The average Bonchev–Trinajstić information content (AvgIpc) is 2.87. The van der Waals surface area contributed by atoms with Crippen molar-refractivity contribution in [3.05, 3.63) is 34.6 Å². The van der Waals surface area contributed by atoms with Crippen LogP contribution in [0, 0.1) is 11.7 Å². The van der Waals surface area contributed by atoms with Crippen LogP contribution in [0.25, 0.3) is 0 Å². The molecule has 0 aliphatic carbocycles. The molecule has 1 aliphatic heterocycles. The molecule has 1 aromatic rings. The predicted molar refractivity (Wildman–Crippen MR) is 91.1 cm³/mol. The van der Waals surface area contributed by atoms with E-state index in [0.717, 1.165) is 25.1 Å². The Morgan fingerprint density at radius 3 is 2.87 bits per heavy atom. The monoisotopic (exact) mass is 341 g/mol. The van der Waals surface area contributed by atoms with Crippen molar-refractivity contribution in [1.82, 2.24) is 15.1 Å². The zero-order chi connectivity index (χ0) is 17.0. The van der Waals surface area contributed by atoms with Gasteiger partial charge >= 0.3 is 0 Å². The highest BCUT2D eigenvalue weighted by Gasteiger charge is 2.33. The lowest BCUT2D eigenvalue weighted by atomic mass is 9.93. The molecule has 0 aromatic heterocycles. The second kappa shape index (κ2) is 8.08. The van der Waals surface area contributed by atoms with Gasteiger partial charge in [-0.1, -0.05) is 17.7 Å². The summed E-state index contributed by atoms with van der Waals surface area (Å²) in [5.41, 5.74) is 0.916. The summed E-state index contributed by atoms with van der Waals surface area (Å²) in [5.74, 6) is -0.0450. The minimum atomic E-state index is -0.391. The maximum absolute atomic E-state index is 13.8. The molecule has 0 unspecified atom stereocenters. The molecule has 23 heavy (non-hydrogen) atoms. The molecule has 2 rings (SSSR count). The third kappa shape index (κ3) is 4.90. The maximum Gasteiger partial charge on any atom is 0.221 e. The molecule has 1 amide bonds. The van der Waals surface area contributed by atoms with Gasteiger partial charge in [-0.3, -0.25) is 9.69 Å². The Hall–Kier alpha value is -1.17. The number of carbonyl (C=O) groups excluding carboxylic acids is 1. The van der Waals surface area contributed by atoms with Gasteiger partial charge in [-0.2, -0.15) is 0 Å². The molecule has 2 atom stereocenters. The van der Waals surface area contributed by atoms with Crippen molar-refractivity contribution in [2.75, 3.05) is 40.8 Å². The van der Waals surface area contributed by atoms with Crippen molar-refractivity contribution >= 4 is 17.5 Å². The highest BCUT2D eigenvalue weighted by Crippen LogP contribution is 2.36. The van der Waals surface area contributed by atoms with Gasteiger partial charge in [0.25, 0.3) is 0 Å². The van der Waals surface area contributed by atoms with Crippen molar-refractivity contribution in [2.45, 2.75) is 18.9 Å². The number of nitrogens with one attached hydrogen (secondary N) is 1. The molecule has 1 aliphatic rings. The quantitative estimate of drug-likeness (QED) is 0.863. The summed E-state index contributed by atoms with van der Waals surface area (Å²) in [7, 11) is 5.93. The van der Waals surface area contributed by atoms with Gasteiger partial charge in [0.15, 0.2) is 0 Å². The zero-order valence-electron chi connectivity index (χ0n) is 14.0. The largest absolute Gasteiger partial charge is 0.356 e. The molecule has 1 fully saturated rings. The molecular formula is C17H25ClFN3O. The Kier molecular flexibility index (Phi) is 6.39. The predicted octanol–water partition coefficient (Wildman–Crippen LogP) is 2.54. The Balaban J connectivity index is 1.98. The van der Waals surface area contributed by atoms with Crippen LogP contribution in [0.5, 0.6) is 0 Å². The minimum absolute atomic E-state index is 0.0642. The molecule has 4 nitrogen and oxygen atoms in total. The van der Waals surface area contributed by atoms with E-state index in [9.17, 15) is 9.18 Å². The number of hydrogen-bond acceptors (Lipinski definition) is 3. The average molecular weight is 342 g/mol. The van der Waals surface area contributed by atoms with E-state index in [1.165, 1.54) is 6.07 Å². The van der Waals surface area contributed by atoms with Crippen molar-refractivity contribution in [2.24, 2.45) is 5.92 Å². The van der Waals surface area contributed by atoms with Crippen LogP contribution in [0.15, 0.2) is 18.2 Å². The number of hydrogen-bond donors (Lipinski definition) is 1. The lowest BCUT2D eigenvalue weighted by molar-refractivity contribution is -0.121. The number of carbonyl (C=O) groups is 1. The van der Waals surface area contributed by atoms with Crippen LogP contribution in [-0.2, 0) is 4.79 Å². The molecule has 0 bridgehead atoms. The van der Waals surface area contributed by atoms with Crippen LogP contribution in [0.1, 0.15) is 24.4 Å². The lowest BCUT2D eigenvalue weighted by Gasteiger charge is -2.26. The molecule has 1 aromatic carbocycles. The van der Waals surface area contributed by atoms with E-state index in [2.05, 4.69) is 10.2 Å².